The molecule has 1 N–H and O–H groups in total. The SMILES string of the molecule is CSCC(C)NCc1ccc(Cl)cc1Br. The summed E-state index contributed by atoms with van der Waals surface area (Å²) in [6.07, 6.45) is 2.12. The zero-order valence-electron chi connectivity index (χ0n) is 8.89. The van der Waals surface area contributed by atoms with Crippen LogP contribution in [-0.4, -0.2) is 18.1 Å². The summed E-state index contributed by atoms with van der Waals surface area (Å²) in [7, 11) is 0. The van der Waals surface area contributed by atoms with Gasteiger partial charge in [0.25, 0.3) is 0 Å². The van der Waals surface area contributed by atoms with E-state index in [-0.39, 0.29) is 0 Å². The van der Waals surface area contributed by atoms with E-state index in [2.05, 4.69) is 34.4 Å². The molecule has 1 rings (SSSR count). The van der Waals surface area contributed by atoms with Crippen molar-refractivity contribution in [1.29, 1.82) is 0 Å². The minimum Gasteiger partial charge on any atom is -0.309 e. The molecule has 0 bridgehead atoms. The van der Waals surface area contributed by atoms with Crippen LogP contribution in [-0.2, 0) is 6.54 Å². The number of hydrogen-bond acceptors (Lipinski definition) is 2. The molecule has 0 saturated carbocycles. The Kier molecular flexibility index (Phi) is 6.05. The molecule has 0 spiro atoms. The molecular formula is C11H15BrClNS. The smallest absolute Gasteiger partial charge is 0.0417 e. The lowest BCUT2D eigenvalue weighted by Crippen LogP contribution is -2.27. The lowest BCUT2D eigenvalue weighted by molar-refractivity contribution is 0.595. The van der Waals surface area contributed by atoms with Gasteiger partial charge in [-0.1, -0.05) is 33.6 Å². The number of benzene rings is 1. The highest BCUT2D eigenvalue weighted by Crippen LogP contribution is 2.21. The number of hydrogen-bond donors (Lipinski definition) is 1. The Bertz CT molecular complexity index is 319. The molecule has 0 heterocycles. The van der Waals surface area contributed by atoms with E-state index in [0.717, 1.165) is 21.8 Å². The van der Waals surface area contributed by atoms with Crippen LogP contribution in [0.5, 0.6) is 0 Å². The highest BCUT2D eigenvalue weighted by Gasteiger charge is 2.03. The first-order valence-electron chi connectivity index (χ1n) is 4.79. The van der Waals surface area contributed by atoms with Gasteiger partial charge >= 0.3 is 0 Å². The highest BCUT2D eigenvalue weighted by molar-refractivity contribution is 9.10. The van der Waals surface area contributed by atoms with Crippen molar-refractivity contribution in [2.45, 2.75) is 19.5 Å². The molecule has 1 aromatic rings. The summed E-state index contributed by atoms with van der Waals surface area (Å²) in [5.74, 6) is 1.13. The van der Waals surface area contributed by atoms with Crippen LogP contribution in [0.2, 0.25) is 5.02 Å². The predicted molar refractivity (Wildman–Crippen MR) is 73.8 cm³/mol. The molecule has 84 valence electrons. The maximum absolute atomic E-state index is 5.88. The van der Waals surface area contributed by atoms with E-state index in [1.807, 2.05) is 30.0 Å². The van der Waals surface area contributed by atoms with E-state index in [0.29, 0.717) is 6.04 Å². The standard InChI is InChI=1S/C11H15BrClNS/c1-8(7-15-2)14-6-9-3-4-10(13)5-11(9)12/h3-5,8,14H,6-7H2,1-2H3. The first-order chi connectivity index (χ1) is 7.13. The molecule has 15 heavy (non-hydrogen) atoms. The zero-order valence-corrected chi connectivity index (χ0v) is 12.0. The Balaban J connectivity index is 2.50. The average molecular weight is 309 g/mol. The van der Waals surface area contributed by atoms with Crippen LogP contribution < -0.4 is 5.32 Å². The molecule has 0 aliphatic carbocycles. The zero-order chi connectivity index (χ0) is 11.3. The monoisotopic (exact) mass is 307 g/mol. The van der Waals surface area contributed by atoms with Crippen LogP contribution >= 0.6 is 39.3 Å². The molecule has 0 amide bonds. The van der Waals surface area contributed by atoms with Gasteiger partial charge in [0.05, 0.1) is 0 Å². The number of nitrogens with one attached hydrogen (secondary N) is 1. The van der Waals surface area contributed by atoms with Crippen molar-refractivity contribution in [2.24, 2.45) is 0 Å². The normalized spacial score (nSPS) is 12.8. The van der Waals surface area contributed by atoms with Crippen molar-refractivity contribution < 1.29 is 0 Å². The van der Waals surface area contributed by atoms with Gasteiger partial charge in [-0.15, -0.1) is 0 Å². The molecule has 4 heteroatoms. The molecule has 0 aliphatic rings. The summed E-state index contributed by atoms with van der Waals surface area (Å²) in [6.45, 7) is 3.07. The van der Waals surface area contributed by atoms with Gasteiger partial charge in [0.15, 0.2) is 0 Å². The topological polar surface area (TPSA) is 12.0 Å². The van der Waals surface area contributed by atoms with Crippen LogP contribution in [0.4, 0.5) is 0 Å². The molecule has 0 saturated heterocycles. The van der Waals surface area contributed by atoms with Gasteiger partial charge in [-0.25, -0.2) is 0 Å². The molecule has 1 atom stereocenters. The Labute approximate surface area is 109 Å². The van der Waals surface area contributed by atoms with Gasteiger partial charge in [0, 0.05) is 27.8 Å². The molecule has 1 aromatic carbocycles. The molecular weight excluding hydrogens is 294 g/mol. The lowest BCUT2D eigenvalue weighted by atomic mass is 10.2. The van der Waals surface area contributed by atoms with Crippen molar-refractivity contribution in [1.82, 2.24) is 5.32 Å². The Hall–Kier alpha value is 0.300. The summed E-state index contributed by atoms with van der Waals surface area (Å²) >= 11 is 11.2. The Morgan fingerprint density at radius 1 is 1.53 bits per heavy atom. The van der Waals surface area contributed by atoms with Gasteiger partial charge in [-0.3, -0.25) is 0 Å². The average Bonchev–Trinajstić information content (AvgIpc) is 2.17. The summed E-state index contributed by atoms with van der Waals surface area (Å²) in [5.41, 5.74) is 1.24. The van der Waals surface area contributed by atoms with E-state index >= 15 is 0 Å². The Morgan fingerprint density at radius 3 is 2.87 bits per heavy atom. The first kappa shape index (κ1) is 13.4. The van der Waals surface area contributed by atoms with Crippen LogP contribution in [0.1, 0.15) is 12.5 Å². The number of thioether (sulfide) groups is 1. The fourth-order valence-corrected chi connectivity index (χ4v) is 2.70. The van der Waals surface area contributed by atoms with E-state index in [1.54, 1.807) is 0 Å². The van der Waals surface area contributed by atoms with Crippen molar-refractivity contribution in [3.8, 4) is 0 Å². The summed E-state index contributed by atoms with van der Waals surface area (Å²) in [5, 5.41) is 4.23. The van der Waals surface area contributed by atoms with Crippen molar-refractivity contribution >= 4 is 39.3 Å². The van der Waals surface area contributed by atoms with Gasteiger partial charge in [-0.05, 0) is 30.9 Å². The number of rotatable bonds is 5. The molecule has 0 radical (unpaired) electrons. The fraction of sp³-hybridized carbons (Fsp3) is 0.455. The molecule has 1 unspecified atom stereocenters. The van der Waals surface area contributed by atoms with Gasteiger partial charge in [0.2, 0.25) is 0 Å². The van der Waals surface area contributed by atoms with E-state index in [4.69, 9.17) is 11.6 Å². The van der Waals surface area contributed by atoms with Gasteiger partial charge < -0.3 is 5.32 Å². The minimum absolute atomic E-state index is 0.530. The van der Waals surface area contributed by atoms with E-state index < -0.39 is 0 Å². The Morgan fingerprint density at radius 2 is 2.27 bits per heavy atom. The van der Waals surface area contributed by atoms with E-state index in [9.17, 15) is 0 Å². The minimum atomic E-state index is 0.530. The summed E-state index contributed by atoms with van der Waals surface area (Å²) in [4.78, 5) is 0. The third-order valence-electron chi connectivity index (χ3n) is 2.07. The maximum Gasteiger partial charge on any atom is 0.0417 e. The van der Waals surface area contributed by atoms with Crippen LogP contribution in [0.15, 0.2) is 22.7 Å². The largest absolute Gasteiger partial charge is 0.309 e. The quantitative estimate of drug-likeness (QED) is 0.884. The third-order valence-corrected chi connectivity index (χ3v) is 3.88. The first-order valence-corrected chi connectivity index (χ1v) is 7.36. The summed E-state index contributed by atoms with van der Waals surface area (Å²) in [6, 6.07) is 6.42. The summed E-state index contributed by atoms with van der Waals surface area (Å²) < 4.78 is 1.07. The molecule has 0 aromatic heterocycles. The molecule has 1 nitrogen and oxygen atoms in total. The maximum atomic E-state index is 5.88. The second-order valence-corrected chi connectivity index (χ2v) is 5.67. The molecule has 0 fully saturated rings. The van der Waals surface area contributed by atoms with Crippen molar-refractivity contribution in [3.63, 3.8) is 0 Å². The molecule has 0 aliphatic heterocycles. The second kappa shape index (κ2) is 6.79. The van der Waals surface area contributed by atoms with Crippen LogP contribution in [0.25, 0.3) is 0 Å². The second-order valence-electron chi connectivity index (χ2n) is 3.47. The lowest BCUT2D eigenvalue weighted by Gasteiger charge is -2.13. The van der Waals surface area contributed by atoms with Crippen LogP contribution in [0.3, 0.4) is 0 Å². The highest BCUT2D eigenvalue weighted by atomic mass is 79.9. The van der Waals surface area contributed by atoms with Crippen molar-refractivity contribution in [2.75, 3.05) is 12.0 Å². The van der Waals surface area contributed by atoms with Gasteiger partial charge in [0.1, 0.15) is 0 Å². The van der Waals surface area contributed by atoms with Crippen LogP contribution in [0, 0.1) is 0 Å². The number of halogens is 2. The fourth-order valence-electron chi connectivity index (χ4n) is 1.26. The predicted octanol–water partition coefficient (Wildman–Crippen LogP) is 3.94. The van der Waals surface area contributed by atoms with E-state index in [1.165, 1.54) is 5.56 Å². The van der Waals surface area contributed by atoms with Gasteiger partial charge in [-0.2, -0.15) is 11.8 Å². The third kappa shape index (κ3) is 4.77. The van der Waals surface area contributed by atoms with Crippen molar-refractivity contribution in [3.05, 3.63) is 33.3 Å².